The van der Waals surface area contributed by atoms with Crippen molar-refractivity contribution in [2.24, 2.45) is 0 Å². The van der Waals surface area contributed by atoms with Gasteiger partial charge in [-0.15, -0.1) is 12.6 Å². The van der Waals surface area contributed by atoms with Crippen LogP contribution in [-0.2, 0) is 9.53 Å². The second-order valence-electron chi connectivity index (χ2n) is 5.77. The van der Waals surface area contributed by atoms with E-state index in [1.165, 1.54) is 0 Å². The van der Waals surface area contributed by atoms with Crippen LogP contribution in [-0.4, -0.2) is 30.6 Å². The topological polar surface area (TPSA) is 55.8 Å². The molecule has 7 heteroatoms. The van der Waals surface area contributed by atoms with Crippen molar-refractivity contribution < 1.29 is 19.1 Å². The lowest BCUT2D eigenvalue weighted by molar-refractivity contribution is -0.126. The normalized spacial score (nSPS) is 13.5. The van der Waals surface area contributed by atoms with Crippen molar-refractivity contribution in [3.05, 3.63) is 48.0 Å². The molecule has 1 fully saturated rings. The van der Waals surface area contributed by atoms with Crippen molar-refractivity contribution >= 4 is 41.7 Å². The van der Waals surface area contributed by atoms with Crippen molar-refractivity contribution in [2.75, 3.05) is 23.9 Å². The molecule has 26 heavy (non-hydrogen) atoms. The molecule has 3 rings (SSSR count). The van der Waals surface area contributed by atoms with Gasteiger partial charge in [-0.25, -0.2) is 0 Å². The van der Waals surface area contributed by atoms with E-state index in [9.17, 15) is 9.59 Å². The largest absolute Gasteiger partial charge is 0.456 e. The average Bonchev–Trinajstić information content (AvgIpc) is 3.18. The summed E-state index contributed by atoms with van der Waals surface area (Å²) in [6.07, 6.45) is 2.21. The minimum Gasteiger partial charge on any atom is -0.456 e. The Kier molecular flexibility index (Phi) is 6.46. The highest BCUT2D eigenvalue weighted by Gasteiger charge is 2.22. The lowest BCUT2D eigenvalue weighted by Crippen LogP contribution is -2.19. The fraction of sp³-hybridized carbons (Fsp3) is 0.263. The number of para-hydroxylation sites is 1. The lowest BCUT2D eigenvalue weighted by atomic mass is 10.1. The van der Waals surface area contributed by atoms with Crippen LogP contribution in [0.3, 0.4) is 0 Å². The Morgan fingerprint density at radius 3 is 2.62 bits per heavy atom. The van der Waals surface area contributed by atoms with Crippen LogP contribution in [0.4, 0.5) is 5.69 Å². The highest BCUT2D eigenvalue weighted by Crippen LogP contribution is 2.40. The van der Waals surface area contributed by atoms with Crippen LogP contribution in [0.25, 0.3) is 0 Å². The van der Waals surface area contributed by atoms with Crippen molar-refractivity contribution in [3.63, 3.8) is 0 Å². The van der Waals surface area contributed by atoms with Gasteiger partial charge < -0.3 is 14.4 Å². The molecular formula is C19H19NO4S2. The number of ether oxygens (including phenoxy) is 2. The molecule has 0 spiro atoms. The Morgan fingerprint density at radius 2 is 1.92 bits per heavy atom. The van der Waals surface area contributed by atoms with Crippen LogP contribution in [0, 0.1) is 0 Å². The van der Waals surface area contributed by atoms with E-state index in [-0.39, 0.29) is 11.1 Å². The molecule has 0 atom stereocenters. The van der Waals surface area contributed by atoms with E-state index >= 15 is 0 Å². The Morgan fingerprint density at radius 1 is 1.19 bits per heavy atom. The molecule has 0 aromatic heterocycles. The molecule has 0 amide bonds. The van der Waals surface area contributed by atoms with Gasteiger partial charge in [-0.2, -0.15) is 0 Å². The molecule has 0 saturated carbocycles. The number of carbonyl (C=O) groups is 2. The molecule has 2 aromatic rings. The van der Waals surface area contributed by atoms with Crippen LogP contribution in [0.1, 0.15) is 23.2 Å². The maximum Gasteiger partial charge on any atom is 0.293 e. The predicted molar refractivity (Wildman–Crippen MR) is 106 cm³/mol. The minimum absolute atomic E-state index is 0.00838. The molecular weight excluding hydrogens is 370 g/mol. The van der Waals surface area contributed by atoms with E-state index in [0.29, 0.717) is 22.7 Å². The molecule has 1 aliphatic rings. The molecule has 0 N–H and O–H groups in total. The number of carbonyl (C=O) groups excluding carboxylic acids is 2. The quantitative estimate of drug-likeness (QED) is 0.328. The monoisotopic (exact) mass is 389 g/mol. The molecule has 1 saturated heterocycles. The second-order valence-corrected chi connectivity index (χ2v) is 7.14. The Labute approximate surface area is 162 Å². The Hall–Kier alpha value is -2.12. The number of thioether (sulfide) groups is 1. The smallest absolute Gasteiger partial charge is 0.293 e. The third-order valence-corrected chi connectivity index (χ3v) is 5.11. The van der Waals surface area contributed by atoms with Crippen molar-refractivity contribution in [3.8, 4) is 11.5 Å². The number of hydrogen-bond donors (Lipinski definition) is 1. The molecule has 0 radical (unpaired) electrons. The number of nitrogens with zero attached hydrogens (tertiary/aromatic N) is 1. The van der Waals surface area contributed by atoms with Crippen molar-refractivity contribution in [1.82, 2.24) is 0 Å². The zero-order valence-electron chi connectivity index (χ0n) is 14.1. The zero-order valence-corrected chi connectivity index (χ0v) is 15.8. The summed E-state index contributed by atoms with van der Waals surface area (Å²) in [6.45, 7) is 2.16. The van der Waals surface area contributed by atoms with Crippen LogP contribution in [0.15, 0.2) is 47.4 Å². The van der Waals surface area contributed by atoms with Gasteiger partial charge in [0.15, 0.2) is 5.75 Å². The zero-order chi connectivity index (χ0) is 18.4. The number of thiol groups is 1. The first kappa shape index (κ1) is 18.7. The molecule has 0 bridgehead atoms. The van der Waals surface area contributed by atoms with E-state index in [4.69, 9.17) is 4.74 Å². The third-order valence-electron chi connectivity index (χ3n) is 4.02. The van der Waals surface area contributed by atoms with Crippen molar-refractivity contribution in [2.45, 2.75) is 17.7 Å². The summed E-state index contributed by atoms with van der Waals surface area (Å²) >= 11 is 5.50. The van der Waals surface area contributed by atoms with Gasteiger partial charge in [0.05, 0.1) is 5.69 Å². The van der Waals surface area contributed by atoms with E-state index in [1.807, 2.05) is 36.4 Å². The average molecular weight is 389 g/mol. The maximum atomic E-state index is 12.4. The number of hydrogen-bond acceptors (Lipinski definition) is 7. The summed E-state index contributed by atoms with van der Waals surface area (Å²) in [7, 11) is 0. The molecule has 136 valence electrons. The van der Waals surface area contributed by atoms with Gasteiger partial charge in [0.25, 0.3) is 6.47 Å². The summed E-state index contributed by atoms with van der Waals surface area (Å²) < 4.78 is 10.7. The highest BCUT2D eigenvalue weighted by atomic mass is 32.2. The summed E-state index contributed by atoms with van der Waals surface area (Å²) in [6, 6.07) is 13.0. The molecule has 0 unspecified atom stereocenters. The van der Waals surface area contributed by atoms with E-state index in [2.05, 4.69) is 22.3 Å². The van der Waals surface area contributed by atoms with Crippen LogP contribution >= 0.6 is 24.4 Å². The van der Waals surface area contributed by atoms with Gasteiger partial charge in [0.2, 0.25) is 5.12 Å². The summed E-state index contributed by atoms with van der Waals surface area (Å²) in [5.74, 6) is 1.36. The van der Waals surface area contributed by atoms with E-state index in [1.54, 1.807) is 6.07 Å². The number of rotatable bonds is 7. The van der Waals surface area contributed by atoms with Crippen LogP contribution in [0.5, 0.6) is 11.5 Å². The highest BCUT2D eigenvalue weighted by molar-refractivity contribution is 8.14. The van der Waals surface area contributed by atoms with Gasteiger partial charge in [-0.3, -0.25) is 9.59 Å². The van der Waals surface area contributed by atoms with Crippen LogP contribution < -0.4 is 9.64 Å². The van der Waals surface area contributed by atoms with Gasteiger partial charge in [0, 0.05) is 23.5 Å². The van der Waals surface area contributed by atoms with Gasteiger partial charge in [0.1, 0.15) is 11.7 Å². The van der Waals surface area contributed by atoms with Gasteiger partial charge >= 0.3 is 0 Å². The van der Waals surface area contributed by atoms with Crippen molar-refractivity contribution in [1.29, 1.82) is 0 Å². The summed E-state index contributed by atoms with van der Waals surface area (Å²) in [5.41, 5.74) is 1.37. The first-order valence-electron chi connectivity index (χ1n) is 8.26. The third kappa shape index (κ3) is 4.53. The standard InChI is InChI=1S/C19H19NO4S2/c21-12-23-13-26-19(22)14-10-16(20-8-4-5-9-20)18(17(25)11-14)24-15-6-2-1-3-7-15/h1-3,6-7,10-12,25H,4-5,8-9,13H2. The molecule has 1 aliphatic heterocycles. The first-order valence-corrected chi connectivity index (χ1v) is 9.69. The molecule has 0 aliphatic carbocycles. The predicted octanol–water partition coefficient (Wildman–Crippen LogP) is 4.37. The molecule has 5 nitrogen and oxygen atoms in total. The summed E-state index contributed by atoms with van der Waals surface area (Å²) in [5, 5.41) is -0.172. The SMILES string of the molecule is O=COCSC(=O)c1cc(S)c(Oc2ccccc2)c(N2CCCC2)c1. The van der Waals surface area contributed by atoms with E-state index < -0.39 is 0 Å². The summed E-state index contributed by atoms with van der Waals surface area (Å²) in [4.78, 5) is 25.4. The van der Waals surface area contributed by atoms with E-state index in [0.717, 1.165) is 49.1 Å². The van der Waals surface area contributed by atoms with Crippen LogP contribution in [0.2, 0.25) is 0 Å². The lowest BCUT2D eigenvalue weighted by Gasteiger charge is -2.23. The Balaban J connectivity index is 1.92. The minimum atomic E-state index is -0.172. The number of anilines is 1. The fourth-order valence-electron chi connectivity index (χ4n) is 2.82. The Bertz CT molecular complexity index is 777. The first-order chi connectivity index (χ1) is 12.7. The maximum absolute atomic E-state index is 12.4. The number of benzene rings is 2. The van der Waals surface area contributed by atoms with Gasteiger partial charge in [-0.05, 0) is 48.9 Å². The molecule has 2 aromatic carbocycles. The van der Waals surface area contributed by atoms with Gasteiger partial charge in [-0.1, -0.05) is 18.2 Å². The fourth-order valence-corrected chi connectivity index (χ4v) is 3.63. The second kappa shape index (κ2) is 9.00. The molecule has 1 heterocycles.